The van der Waals surface area contributed by atoms with Crippen molar-refractivity contribution in [2.45, 2.75) is 57.3 Å². The molecule has 3 heterocycles. The molecule has 1 aromatic heterocycles. The summed E-state index contributed by atoms with van der Waals surface area (Å²) in [4.78, 5) is 19.4. The Labute approximate surface area is 178 Å². The van der Waals surface area contributed by atoms with Crippen molar-refractivity contribution in [3.05, 3.63) is 46.7 Å². The van der Waals surface area contributed by atoms with E-state index in [0.29, 0.717) is 48.2 Å². The number of amides is 1. The summed E-state index contributed by atoms with van der Waals surface area (Å²) >= 11 is 0. The van der Waals surface area contributed by atoms with Gasteiger partial charge in [-0.1, -0.05) is 6.07 Å². The van der Waals surface area contributed by atoms with Gasteiger partial charge in [-0.15, -0.1) is 0 Å². The van der Waals surface area contributed by atoms with Crippen LogP contribution in [0.3, 0.4) is 0 Å². The molecular formula is C22H29N3O4S. The molecule has 162 valence electrons. The van der Waals surface area contributed by atoms with Crippen LogP contribution in [0.25, 0.3) is 0 Å². The van der Waals surface area contributed by atoms with Gasteiger partial charge in [-0.05, 0) is 69.7 Å². The van der Waals surface area contributed by atoms with Crippen LogP contribution in [0.5, 0.6) is 0 Å². The Morgan fingerprint density at radius 3 is 2.33 bits per heavy atom. The van der Waals surface area contributed by atoms with E-state index in [1.165, 1.54) is 0 Å². The fourth-order valence-corrected chi connectivity index (χ4v) is 5.78. The van der Waals surface area contributed by atoms with E-state index in [0.717, 1.165) is 37.1 Å². The molecule has 7 nitrogen and oxygen atoms in total. The number of nitrogens with zero attached hydrogens (tertiary/aromatic N) is 3. The van der Waals surface area contributed by atoms with Crippen LogP contribution in [0.4, 0.5) is 0 Å². The lowest BCUT2D eigenvalue weighted by atomic mass is 9.98. The first kappa shape index (κ1) is 21.1. The lowest BCUT2D eigenvalue weighted by molar-refractivity contribution is 0.0786. The highest BCUT2D eigenvalue weighted by Gasteiger charge is 2.33. The third kappa shape index (κ3) is 3.90. The highest BCUT2D eigenvalue weighted by molar-refractivity contribution is 7.89. The molecule has 2 aromatic rings. The Morgan fingerprint density at radius 2 is 1.70 bits per heavy atom. The zero-order chi connectivity index (χ0) is 21.5. The van der Waals surface area contributed by atoms with Gasteiger partial charge in [0, 0.05) is 32.1 Å². The number of sulfonamides is 1. The molecule has 0 bridgehead atoms. The van der Waals surface area contributed by atoms with Gasteiger partial charge in [0.2, 0.25) is 10.0 Å². The van der Waals surface area contributed by atoms with Crippen molar-refractivity contribution in [2.75, 3.05) is 26.2 Å². The summed E-state index contributed by atoms with van der Waals surface area (Å²) in [5.41, 5.74) is 2.44. The molecule has 0 spiro atoms. The molecule has 2 saturated heterocycles. The molecule has 8 heteroatoms. The third-order valence-corrected chi connectivity index (χ3v) is 8.22. The van der Waals surface area contributed by atoms with Crippen molar-refractivity contribution < 1.29 is 17.6 Å². The molecular weight excluding hydrogens is 402 g/mol. The van der Waals surface area contributed by atoms with Gasteiger partial charge in [-0.2, -0.15) is 4.31 Å². The van der Waals surface area contributed by atoms with Crippen LogP contribution >= 0.6 is 0 Å². The van der Waals surface area contributed by atoms with Gasteiger partial charge in [0.15, 0.2) is 11.6 Å². The zero-order valence-electron chi connectivity index (χ0n) is 17.8. The first-order valence-corrected chi connectivity index (χ1v) is 12.1. The largest absolute Gasteiger partial charge is 0.445 e. The number of rotatable bonds is 4. The van der Waals surface area contributed by atoms with Gasteiger partial charge < -0.3 is 9.32 Å². The Bertz CT molecular complexity index is 1050. The number of aryl methyl sites for hydroxylation is 3. The minimum absolute atomic E-state index is 0.0232. The van der Waals surface area contributed by atoms with E-state index in [2.05, 4.69) is 4.98 Å². The summed E-state index contributed by atoms with van der Waals surface area (Å²) in [7, 11) is -3.51. The standard InChI is InChI=1S/C22H29N3O4S/c1-15-6-7-19(14-16(15)2)30(27,28)25-12-8-18(9-13-25)21-23-20(17(3)29-21)22(26)24-10-4-5-11-24/h6-7,14,18H,4-5,8-13H2,1-3H3. The van der Waals surface area contributed by atoms with Gasteiger partial charge >= 0.3 is 0 Å². The van der Waals surface area contributed by atoms with Crippen molar-refractivity contribution in [3.8, 4) is 0 Å². The van der Waals surface area contributed by atoms with Gasteiger partial charge in [0.25, 0.3) is 5.91 Å². The second-order valence-electron chi connectivity index (χ2n) is 8.38. The molecule has 0 N–H and O–H groups in total. The average molecular weight is 432 g/mol. The van der Waals surface area contributed by atoms with Crippen molar-refractivity contribution in [1.82, 2.24) is 14.2 Å². The number of aromatic nitrogens is 1. The van der Waals surface area contributed by atoms with E-state index < -0.39 is 10.0 Å². The van der Waals surface area contributed by atoms with Crippen LogP contribution in [0.2, 0.25) is 0 Å². The summed E-state index contributed by atoms with van der Waals surface area (Å²) in [6.45, 7) is 8.04. The number of piperidine rings is 1. The lowest BCUT2D eigenvalue weighted by Crippen LogP contribution is -2.38. The Hall–Kier alpha value is -2.19. The molecule has 0 saturated carbocycles. The monoisotopic (exact) mass is 431 g/mol. The molecule has 1 aromatic carbocycles. The first-order chi connectivity index (χ1) is 14.3. The number of benzene rings is 1. The number of likely N-dealkylation sites (tertiary alicyclic amines) is 1. The summed E-state index contributed by atoms with van der Waals surface area (Å²) in [6, 6.07) is 5.27. The van der Waals surface area contributed by atoms with E-state index in [9.17, 15) is 13.2 Å². The maximum absolute atomic E-state index is 13.0. The van der Waals surface area contributed by atoms with Crippen LogP contribution < -0.4 is 0 Å². The predicted molar refractivity (Wildman–Crippen MR) is 113 cm³/mol. The van der Waals surface area contributed by atoms with E-state index in [1.54, 1.807) is 23.4 Å². The topological polar surface area (TPSA) is 83.7 Å². The minimum atomic E-state index is -3.51. The molecule has 4 rings (SSSR count). The predicted octanol–water partition coefficient (Wildman–Crippen LogP) is 3.40. The Morgan fingerprint density at radius 1 is 1.03 bits per heavy atom. The Kier molecular flexibility index (Phi) is 5.72. The van der Waals surface area contributed by atoms with Crippen LogP contribution in [-0.4, -0.2) is 54.7 Å². The van der Waals surface area contributed by atoms with Crippen molar-refractivity contribution in [1.29, 1.82) is 0 Å². The molecule has 30 heavy (non-hydrogen) atoms. The fourth-order valence-electron chi connectivity index (χ4n) is 4.23. The number of hydrogen-bond acceptors (Lipinski definition) is 5. The minimum Gasteiger partial charge on any atom is -0.445 e. The van der Waals surface area contributed by atoms with Crippen molar-refractivity contribution >= 4 is 15.9 Å². The highest BCUT2D eigenvalue weighted by Crippen LogP contribution is 2.32. The van der Waals surface area contributed by atoms with Crippen LogP contribution in [0.1, 0.15) is 64.9 Å². The van der Waals surface area contributed by atoms with E-state index in [-0.39, 0.29) is 11.8 Å². The highest BCUT2D eigenvalue weighted by atomic mass is 32.2. The molecule has 2 aliphatic heterocycles. The van der Waals surface area contributed by atoms with E-state index >= 15 is 0 Å². The quantitative estimate of drug-likeness (QED) is 0.741. The molecule has 2 aliphatic rings. The smallest absolute Gasteiger partial charge is 0.276 e. The number of hydrogen-bond donors (Lipinski definition) is 0. The average Bonchev–Trinajstić information content (AvgIpc) is 3.39. The van der Waals surface area contributed by atoms with E-state index in [1.807, 2.05) is 24.8 Å². The SMILES string of the molecule is Cc1ccc(S(=O)(=O)N2CCC(c3nc(C(=O)N4CCCC4)c(C)o3)CC2)cc1C. The molecule has 0 radical (unpaired) electrons. The van der Waals surface area contributed by atoms with Crippen LogP contribution in [0, 0.1) is 20.8 Å². The van der Waals surface area contributed by atoms with Gasteiger partial charge in [-0.25, -0.2) is 13.4 Å². The van der Waals surface area contributed by atoms with Crippen LogP contribution in [0.15, 0.2) is 27.5 Å². The zero-order valence-corrected chi connectivity index (χ0v) is 18.7. The number of carbonyl (C=O) groups is 1. The Balaban J connectivity index is 1.45. The molecule has 1 amide bonds. The maximum Gasteiger partial charge on any atom is 0.276 e. The van der Waals surface area contributed by atoms with Gasteiger partial charge in [0.05, 0.1) is 4.90 Å². The number of oxazole rings is 1. The van der Waals surface area contributed by atoms with Gasteiger partial charge in [0.1, 0.15) is 5.76 Å². The van der Waals surface area contributed by atoms with Crippen molar-refractivity contribution in [3.63, 3.8) is 0 Å². The second-order valence-corrected chi connectivity index (χ2v) is 10.3. The number of carbonyl (C=O) groups excluding carboxylic acids is 1. The molecule has 0 aliphatic carbocycles. The molecule has 0 unspecified atom stereocenters. The fraction of sp³-hybridized carbons (Fsp3) is 0.545. The summed E-state index contributed by atoms with van der Waals surface area (Å²) in [5.74, 6) is 1.06. The van der Waals surface area contributed by atoms with Crippen molar-refractivity contribution in [2.24, 2.45) is 0 Å². The molecule has 0 atom stereocenters. The summed E-state index contributed by atoms with van der Waals surface area (Å²) in [5, 5.41) is 0. The summed E-state index contributed by atoms with van der Waals surface area (Å²) < 4.78 is 33.4. The maximum atomic E-state index is 13.0. The molecule has 2 fully saturated rings. The van der Waals surface area contributed by atoms with E-state index in [4.69, 9.17) is 4.42 Å². The first-order valence-electron chi connectivity index (χ1n) is 10.6. The summed E-state index contributed by atoms with van der Waals surface area (Å²) in [6.07, 6.45) is 3.31. The third-order valence-electron chi connectivity index (χ3n) is 6.33. The lowest BCUT2D eigenvalue weighted by Gasteiger charge is -2.30. The van der Waals surface area contributed by atoms with Gasteiger partial charge in [-0.3, -0.25) is 4.79 Å². The van der Waals surface area contributed by atoms with Crippen LogP contribution in [-0.2, 0) is 10.0 Å². The second kappa shape index (κ2) is 8.15. The normalized spacial score (nSPS) is 18.8.